The molecule has 118 valence electrons. The van der Waals surface area contributed by atoms with Gasteiger partial charge in [0, 0.05) is 23.0 Å². The van der Waals surface area contributed by atoms with Gasteiger partial charge in [-0.3, -0.25) is 4.79 Å². The van der Waals surface area contributed by atoms with Crippen molar-refractivity contribution in [1.29, 1.82) is 0 Å². The van der Waals surface area contributed by atoms with Crippen molar-refractivity contribution in [2.75, 3.05) is 13.1 Å². The number of nitrogens with one attached hydrogen (secondary N) is 2. The summed E-state index contributed by atoms with van der Waals surface area (Å²) in [7, 11) is 0. The fourth-order valence-electron chi connectivity index (χ4n) is 3.89. The SMILES string of the molecule is O=C(CC1OCc2cc(Cl)ccc21)NCC12CCCNC1C2. The Hall–Kier alpha value is -1.10. The van der Waals surface area contributed by atoms with Crippen LogP contribution in [0, 0.1) is 5.41 Å². The number of fused-ring (bicyclic) bond motifs is 2. The van der Waals surface area contributed by atoms with Crippen molar-refractivity contribution in [3.8, 4) is 0 Å². The molecule has 1 aromatic rings. The van der Waals surface area contributed by atoms with E-state index in [2.05, 4.69) is 10.6 Å². The molecule has 4 nitrogen and oxygen atoms in total. The largest absolute Gasteiger partial charge is 0.368 e. The van der Waals surface area contributed by atoms with E-state index in [9.17, 15) is 4.79 Å². The zero-order valence-corrected chi connectivity index (χ0v) is 13.3. The number of hydrogen-bond acceptors (Lipinski definition) is 3. The van der Waals surface area contributed by atoms with E-state index in [1.165, 1.54) is 19.3 Å². The molecule has 22 heavy (non-hydrogen) atoms. The predicted octanol–water partition coefficient (Wildman–Crippen LogP) is 2.56. The first-order valence-electron chi connectivity index (χ1n) is 8.06. The highest BCUT2D eigenvalue weighted by Crippen LogP contribution is 2.51. The van der Waals surface area contributed by atoms with Crippen LogP contribution in [0.1, 0.15) is 42.9 Å². The van der Waals surface area contributed by atoms with Crippen LogP contribution in [0.4, 0.5) is 0 Å². The molecule has 3 unspecified atom stereocenters. The van der Waals surface area contributed by atoms with Gasteiger partial charge >= 0.3 is 0 Å². The summed E-state index contributed by atoms with van der Waals surface area (Å²) in [6.07, 6.45) is 3.90. The number of carbonyl (C=O) groups is 1. The van der Waals surface area contributed by atoms with E-state index in [1.807, 2.05) is 18.2 Å². The maximum Gasteiger partial charge on any atom is 0.222 e. The maximum absolute atomic E-state index is 12.2. The highest BCUT2D eigenvalue weighted by molar-refractivity contribution is 6.30. The second kappa shape index (κ2) is 5.52. The fourth-order valence-corrected chi connectivity index (χ4v) is 4.09. The number of hydrogen-bond donors (Lipinski definition) is 2. The van der Waals surface area contributed by atoms with Gasteiger partial charge in [0.2, 0.25) is 5.91 Å². The van der Waals surface area contributed by atoms with Crippen LogP contribution in [0.3, 0.4) is 0 Å². The van der Waals surface area contributed by atoms with Gasteiger partial charge in [-0.2, -0.15) is 0 Å². The van der Waals surface area contributed by atoms with Crippen LogP contribution in [0.2, 0.25) is 5.02 Å². The van der Waals surface area contributed by atoms with Gasteiger partial charge in [-0.05, 0) is 49.1 Å². The number of ether oxygens (including phenoxy) is 1. The average molecular weight is 321 g/mol. The van der Waals surface area contributed by atoms with Crippen LogP contribution in [-0.2, 0) is 16.1 Å². The summed E-state index contributed by atoms with van der Waals surface area (Å²) >= 11 is 5.99. The lowest BCUT2D eigenvalue weighted by atomic mass is 9.96. The molecule has 1 aliphatic carbocycles. The van der Waals surface area contributed by atoms with E-state index in [0.29, 0.717) is 24.5 Å². The molecule has 5 heteroatoms. The highest BCUT2D eigenvalue weighted by atomic mass is 35.5. The Bertz CT molecular complexity index is 606. The first-order valence-corrected chi connectivity index (χ1v) is 8.44. The minimum Gasteiger partial charge on any atom is -0.368 e. The molecule has 2 aliphatic heterocycles. The molecule has 0 radical (unpaired) electrons. The van der Waals surface area contributed by atoms with Crippen LogP contribution in [0.5, 0.6) is 0 Å². The van der Waals surface area contributed by atoms with E-state index < -0.39 is 0 Å². The third-order valence-corrected chi connectivity index (χ3v) is 5.57. The summed E-state index contributed by atoms with van der Waals surface area (Å²) in [5.74, 6) is 0.0819. The molecule has 1 saturated heterocycles. The van der Waals surface area contributed by atoms with Gasteiger partial charge in [0.15, 0.2) is 0 Å². The second-order valence-electron chi connectivity index (χ2n) is 6.80. The highest BCUT2D eigenvalue weighted by Gasteiger charge is 2.54. The van der Waals surface area contributed by atoms with Gasteiger partial charge in [0.05, 0.1) is 19.1 Å². The number of piperidine rings is 1. The molecule has 2 fully saturated rings. The Labute approximate surface area is 135 Å². The van der Waals surface area contributed by atoms with Crippen molar-refractivity contribution in [3.05, 3.63) is 34.3 Å². The standard InChI is InChI=1S/C17H21ClN2O2/c18-12-2-3-13-11(6-12)9-22-14(13)7-16(21)20-10-17-4-1-5-19-15(17)8-17/h2-3,6,14-15,19H,1,4-5,7-10H2,(H,20,21). The van der Waals surface area contributed by atoms with Crippen molar-refractivity contribution in [3.63, 3.8) is 0 Å². The van der Waals surface area contributed by atoms with Gasteiger partial charge in [-0.1, -0.05) is 17.7 Å². The Morgan fingerprint density at radius 1 is 1.50 bits per heavy atom. The summed E-state index contributed by atoms with van der Waals surface area (Å²) in [5.41, 5.74) is 2.53. The van der Waals surface area contributed by atoms with Gasteiger partial charge in [0.25, 0.3) is 0 Å². The average Bonchev–Trinajstić information content (AvgIpc) is 3.13. The number of carbonyl (C=O) groups excluding carboxylic acids is 1. The third kappa shape index (κ3) is 2.64. The number of amides is 1. The normalized spacial score (nSPS) is 32.2. The van der Waals surface area contributed by atoms with E-state index in [1.54, 1.807) is 0 Å². The number of benzene rings is 1. The van der Waals surface area contributed by atoms with E-state index in [-0.39, 0.29) is 12.0 Å². The summed E-state index contributed by atoms with van der Waals surface area (Å²) in [4.78, 5) is 12.2. The summed E-state index contributed by atoms with van der Waals surface area (Å²) in [5, 5.41) is 7.36. The van der Waals surface area contributed by atoms with Crippen molar-refractivity contribution in [2.45, 2.75) is 44.4 Å². The first-order chi connectivity index (χ1) is 10.7. The van der Waals surface area contributed by atoms with E-state index in [4.69, 9.17) is 16.3 Å². The molecular formula is C17H21ClN2O2. The maximum atomic E-state index is 12.2. The molecule has 1 amide bonds. The summed E-state index contributed by atoms with van der Waals surface area (Å²) in [6.45, 7) is 2.46. The van der Waals surface area contributed by atoms with Crippen LogP contribution in [0.25, 0.3) is 0 Å². The number of halogens is 1. The lowest BCUT2D eigenvalue weighted by Gasteiger charge is -2.23. The lowest BCUT2D eigenvalue weighted by molar-refractivity contribution is -0.124. The molecule has 3 aliphatic rings. The van der Waals surface area contributed by atoms with Crippen molar-refractivity contribution in [2.24, 2.45) is 5.41 Å². The Morgan fingerprint density at radius 3 is 3.27 bits per heavy atom. The molecule has 2 N–H and O–H groups in total. The van der Waals surface area contributed by atoms with Crippen molar-refractivity contribution in [1.82, 2.24) is 10.6 Å². The Balaban J connectivity index is 1.32. The zero-order valence-electron chi connectivity index (χ0n) is 12.5. The van der Waals surface area contributed by atoms with Gasteiger partial charge in [-0.15, -0.1) is 0 Å². The molecule has 3 atom stereocenters. The van der Waals surface area contributed by atoms with Crippen LogP contribution < -0.4 is 10.6 Å². The topological polar surface area (TPSA) is 50.4 Å². The smallest absolute Gasteiger partial charge is 0.222 e. The number of rotatable bonds is 4. The van der Waals surface area contributed by atoms with Gasteiger partial charge in [0.1, 0.15) is 0 Å². The van der Waals surface area contributed by atoms with Crippen LogP contribution in [0.15, 0.2) is 18.2 Å². The molecule has 1 aromatic carbocycles. The third-order valence-electron chi connectivity index (χ3n) is 5.33. The first kappa shape index (κ1) is 14.5. The molecule has 1 saturated carbocycles. The molecule has 2 heterocycles. The van der Waals surface area contributed by atoms with Crippen molar-refractivity contribution < 1.29 is 9.53 Å². The molecule has 0 bridgehead atoms. The molecule has 4 rings (SSSR count). The summed E-state index contributed by atoms with van der Waals surface area (Å²) in [6, 6.07) is 6.38. The Kier molecular flexibility index (Phi) is 3.63. The second-order valence-corrected chi connectivity index (χ2v) is 7.24. The predicted molar refractivity (Wildman–Crippen MR) is 84.7 cm³/mol. The summed E-state index contributed by atoms with van der Waals surface area (Å²) < 4.78 is 5.74. The minimum absolute atomic E-state index is 0.0819. The monoisotopic (exact) mass is 320 g/mol. The van der Waals surface area contributed by atoms with Crippen LogP contribution in [-0.4, -0.2) is 25.0 Å². The quantitative estimate of drug-likeness (QED) is 0.896. The minimum atomic E-state index is -0.135. The lowest BCUT2D eigenvalue weighted by Crippen LogP contribution is -2.38. The van der Waals surface area contributed by atoms with Crippen molar-refractivity contribution >= 4 is 17.5 Å². The van der Waals surface area contributed by atoms with E-state index >= 15 is 0 Å². The van der Waals surface area contributed by atoms with Gasteiger partial charge < -0.3 is 15.4 Å². The fraction of sp³-hybridized carbons (Fsp3) is 0.588. The van der Waals surface area contributed by atoms with Crippen LogP contribution >= 0.6 is 11.6 Å². The Morgan fingerprint density at radius 2 is 2.41 bits per heavy atom. The molecule has 0 aromatic heterocycles. The molecule has 0 spiro atoms. The van der Waals surface area contributed by atoms with Gasteiger partial charge in [-0.25, -0.2) is 0 Å². The molecular weight excluding hydrogens is 300 g/mol. The zero-order chi connectivity index (χ0) is 15.2. The van der Waals surface area contributed by atoms with E-state index in [0.717, 1.165) is 29.2 Å².